The van der Waals surface area contributed by atoms with Gasteiger partial charge in [-0.15, -0.1) is 0 Å². The Morgan fingerprint density at radius 1 is 0.952 bits per heavy atom. The van der Waals surface area contributed by atoms with Crippen molar-refractivity contribution in [2.75, 3.05) is 13.2 Å². The molecule has 8 nitrogen and oxygen atoms in total. The van der Waals surface area contributed by atoms with Crippen molar-refractivity contribution in [3.63, 3.8) is 0 Å². The van der Waals surface area contributed by atoms with Gasteiger partial charge in [0, 0.05) is 0 Å². The van der Waals surface area contributed by atoms with E-state index < -0.39 is 52.4 Å². The highest BCUT2D eigenvalue weighted by molar-refractivity contribution is 7.80. The van der Waals surface area contributed by atoms with Gasteiger partial charge in [-0.3, -0.25) is 0 Å². The zero-order valence-electron chi connectivity index (χ0n) is 28.0. The standard InChI is InChI=1S/C31H53NO7SSi2/c1-28(2,3)38-26(33)32-27(40)36-25-24(39-42(12,13)30(7,8)9)23(20-35-41(10,11)29(4,5)6)37-31(25,32)21-34-19-22-17-15-14-16-18-22/h14-18,23-25H,19-21H2,1-13H3/t23-,24+,25-,31+/m0/s1. The van der Waals surface area contributed by atoms with Gasteiger partial charge in [0.1, 0.15) is 17.8 Å². The molecule has 0 saturated carbocycles. The van der Waals surface area contributed by atoms with Crippen molar-refractivity contribution in [2.24, 2.45) is 0 Å². The maximum Gasteiger partial charge on any atom is 0.420 e. The molecule has 0 spiro atoms. The predicted molar refractivity (Wildman–Crippen MR) is 174 cm³/mol. The number of fused-ring (bicyclic) bond motifs is 1. The van der Waals surface area contributed by atoms with Crippen LogP contribution in [0.1, 0.15) is 67.9 Å². The van der Waals surface area contributed by atoms with E-state index in [1.807, 2.05) is 51.1 Å². The smallest absolute Gasteiger partial charge is 0.420 e. The summed E-state index contributed by atoms with van der Waals surface area (Å²) in [5.74, 6) is 0. The lowest BCUT2D eigenvalue weighted by Crippen LogP contribution is -2.58. The maximum absolute atomic E-state index is 13.7. The molecule has 1 amide bonds. The molecule has 2 heterocycles. The van der Waals surface area contributed by atoms with E-state index in [1.165, 1.54) is 4.90 Å². The van der Waals surface area contributed by atoms with Gasteiger partial charge >= 0.3 is 6.09 Å². The number of rotatable bonds is 9. The molecular weight excluding hydrogens is 587 g/mol. The molecule has 2 fully saturated rings. The second-order valence-electron chi connectivity index (χ2n) is 15.5. The van der Waals surface area contributed by atoms with Crippen molar-refractivity contribution < 1.29 is 32.6 Å². The van der Waals surface area contributed by atoms with Crippen molar-refractivity contribution in [1.82, 2.24) is 4.90 Å². The average molecular weight is 640 g/mol. The van der Waals surface area contributed by atoms with Crippen LogP contribution >= 0.6 is 12.2 Å². The SMILES string of the molecule is CC(C)(C)OC(=O)N1C(=S)O[C@H]2[C@H](O[Si](C)(C)C(C)(C)C)[C@H](CO[Si](C)(C)C(C)(C)C)O[C@]21COCc1ccccc1. The third-order valence-corrected chi connectivity index (χ3v) is 18.2. The Labute approximate surface area is 261 Å². The summed E-state index contributed by atoms with van der Waals surface area (Å²) >= 11 is 5.65. The summed E-state index contributed by atoms with van der Waals surface area (Å²) in [6.45, 7) is 28.1. The zero-order valence-corrected chi connectivity index (χ0v) is 30.8. The van der Waals surface area contributed by atoms with Gasteiger partial charge in [0.25, 0.3) is 5.17 Å². The van der Waals surface area contributed by atoms with Crippen LogP contribution in [0.4, 0.5) is 4.79 Å². The summed E-state index contributed by atoms with van der Waals surface area (Å²) in [4.78, 5) is 15.0. The third kappa shape index (κ3) is 7.65. The number of thiocarbonyl (C=S) groups is 1. The van der Waals surface area contributed by atoms with Crippen LogP contribution in [0.5, 0.6) is 0 Å². The lowest BCUT2D eigenvalue weighted by atomic mass is 10.0. The highest BCUT2D eigenvalue weighted by Gasteiger charge is 2.69. The first-order chi connectivity index (χ1) is 19.0. The van der Waals surface area contributed by atoms with Crippen LogP contribution in [0.25, 0.3) is 0 Å². The van der Waals surface area contributed by atoms with E-state index in [0.29, 0.717) is 13.2 Å². The summed E-state index contributed by atoms with van der Waals surface area (Å²) in [5.41, 5.74) is -1.14. The molecule has 2 saturated heterocycles. The first kappa shape index (κ1) is 35.1. The molecule has 3 rings (SSSR count). The predicted octanol–water partition coefficient (Wildman–Crippen LogP) is 7.63. The van der Waals surface area contributed by atoms with Crippen molar-refractivity contribution in [3.05, 3.63) is 35.9 Å². The Bertz CT molecular complexity index is 1110. The first-order valence-corrected chi connectivity index (χ1v) is 21.1. The summed E-state index contributed by atoms with van der Waals surface area (Å²) in [5, 5.41) is -0.0734. The Morgan fingerprint density at radius 3 is 2.05 bits per heavy atom. The minimum absolute atomic E-state index is 0.00829. The number of hydrogen-bond donors (Lipinski definition) is 0. The number of benzene rings is 1. The fourth-order valence-electron chi connectivity index (χ4n) is 4.40. The molecule has 1 aromatic rings. The Balaban J connectivity index is 2.05. The number of carbonyl (C=O) groups excluding carboxylic acids is 1. The van der Waals surface area contributed by atoms with E-state index in [4.69, 9.17) is 40.0 Å². The van der Waals surface area contributed by atoms with Gasteiger partial charge in [-0.1, -0.05) is 71.9 Å². The molecule has 0 radical (unpaired) electrons. The van der Waals surface area contributed by atoms with Crippen LogP contribution in [0, 0.1) is 0 Å². The van der Waals surface area contributed by atoms with Gasteiger partial charge in [-0.2, -0.15) is 0 Å². The Kier molecular flexibility index (Phi) is 10.2. The quantitative estimate of drug-likeness (QED) is 0.202. The number of hydrogen-bond acceptors (Lipinski definition) is 8. The van der Waals surface area contributed by atoms with E-state index in [2.05, 4.69) is 67.7 Å². The van der Waals surface area contributed by atoms with E-state index in [1.54, 1.807) is 0 Å². The monoisotopic (exact) mass is 639 g/mol. The summed E-state index contributed by atoms with van der Waals surface area (Å²) in [6, 6.07) is 9.87. The van der Waals surface area contributed by atoms with E-state index >= 15 is 0 Å². The van der Waals surface area contributed by atoms with Crippen LogP contribution in [0.2, 0.25) is 36.3 Å². The van der Waals surface area contributed by atoms with Gasteiger partial charge in [0.2, 0.25) is 5.72 Å². The van der Waals surface area contributed by atoms with Gasteiger partial charge in [-0.05, 0) is 74.8 Å². The Hall–Kier alpha value is -1.35. The minimum Gasteiger partial charge on any atom is -0.459 e. The van der Waals surface area contributed by atoms with Gasteiger partial charge in [0.05, 0.1) is 19.8 Å². The van der Waals surface area contributed by atoms with E-state index in [9.17, 15) is 4.79 Å². The molecule has 0 N–H and O–H groups in total. The van der Waals surface area contributed by atoms with Crippen molar-refractivity contribution in [1.29, 1.82) is 0 Å². The average Bonchev–Trinajstić information content (AvgIpc) is 3.24. The van der Waals surface area contributed by atoms with E-state index in [0.717, 1.165) is 5.56 Å². The van der Waals surface area contributed by atoms with Gasteiger partial charge < -0.3 is 27.8 Å². The summed E-state index contributed by atoms with van der Waals surface area (Å²) in [6.07, 6.45) is -2.43. The molecule has 238 valence electrons. The number of carbonyl (C=O) groups is 1. The molecule has 4 atom stereocenters. The number of ether oxygens (including phenoxy) is 4. The van der Waals surface area contributed by atoms with Crippen LogP contribution in [-0.2, 0) is 34.4 Å². The second-order valence-corrected chi connectivity index (χ2v) is 25.4. The summed E-state index contributed by atoms with van der Waals surface area (Å²) < 4.78 is 39.0. The Morgan fingerprint density at radius 2 is 1.52 bits per heavy atom. The normalized spacial score (nSPS) is 25.4. The molecule has 0 bridgehead atoms. The molecule has 11 heteroatoms. The highest BCUT2D eigenvalue weighted by atomic mass is 32.1. The molecule has 2 aliphatic heterocycles. The number of amides is 1. The molecule has 0 aliphatic carbocycles. The summed E-state index contributed by atoms with van der Waals surface area (Å²) in [7, 11) is -4.47. The van der Waals surface area contributed by atoms with Gasteiger partial charge in [0.15, 0.2) is 22.7 Å². The fraction of sp³-hybridized carbons (Fsp3) is 0.742. The molecule has 0 aromatic heterocycles. The first-order valence-electron chi connectivity index (χ1n) is 14.9. The minimum atomic E-state index is -2.33. The largest absolute Gasteiger partial charge is 0.459 e. The second kappa shape index (κ2) is 12.2. The van der Waals surface area contributed by atoms with Crippen molar-refractivity contribution in [3.8, 4) is 0 Å². The van der Waals surface area contributed by atoms with Crippen molar-refractivity contribution in [2.45, 2.75) is 135 Å². The topological polar surface area (TPSA) is 75.7 Å². The van der Waals surface area contributed by atoms with Crippen LogP contribution in [0.3, 0.4) is 0 Å². The molecule has 0 unspecified atom stereocenters. The maximum atomic E-state index is 13.7. The number of nitrogens with zero attached hydrogens (tertiary/aromatic N) is 1. The van der Waals surface area contributed by atoms with Crippen LogP contribution in [-0.4, -0.2) is 75.7 Å². The highest BCUT2D eigenvalue weighted by Crippen LogP contribution is 2.48. The van der Waals surface area contributed by atoms with Crippen LogP contribution in [0.15, 0.2) is 30.3 Å². The van der Waals surface area contributed by atoms with Crippen LogP contribution < -0.4 is 0 Å². The lowest BCUT2D eigenvalue weighted by molar-refractivity contribution is -0.163. The fourth-order valence-corrected chi connectivity index (χ4v) is 7.06. The zero-order chi connectivity index (χ0) is 31.9. The molecule has 42 heavy (non-hydrogen) atoms. The van der Waals surface area contributed by atoms with Gasteiger partial charge in [-0.25, -0.2) is 9.69 Å². The van der Waals surface area contributed by atoms with Crippen molar-refractivity contribution >= 4 is 40.1 Å². The van der Waals surface area contributed by atoms with E-state index in [-0.39, 0.29) is 21.9 Å². The third-order valence-electron chi connectivity index (χ3n) is 8.90. The molecule has 1 aromatic carbocycles. The molecular formula is C31H53NO7SSi2. The lowest BCUT2D eigenvalue weighted by Gasteiger charge is -2.41. The molecule has 2 aliphatic rings.